The number of hydrogen-bond donors (Lipinski definition) is 0. The van der Waals surface area contributed by atoms with Gasteiger partial charge >= 0.3 is 0 Å². The number of rotatable bonds is 3. The van der Waals surface area contributed by atoms with Gasteiger partial charge in [-0.3, -0.25) is 10.1 Å². The minimum atomic E-state index is -0.540. The molecular formula is C8H8ClNO4. The van der Waals surface area contributed by atoms with Gasteiger partial charge in [-0.25, -0.2) is 0 Å². The summed E-state index contributed by atoms with van der Waals surface area (Å²) in [5.74, 6) is 0.440. The van der Waals surface area contributed by atoms with Crippen LogP contribution >= 0.6 is 11.6 Å². The first-order valence-corrected chi connectivity index (χ1v) is 4.04. The fraction of sp³-hybridized carbons (Fsp3) is 0.250. The lowest BCUT2D eigenvalue weighted by Gasteiger charge is -2.07. The summed E-state index contributed by atoms with van der Waals surface area (Å²) in [6.07, 6.45) is 0. The largest absolute Gasteiger partial charge is 0.495 e. The highest BCUT2D eigenvalue weighted by atomic mass is 35.5. The van der Waals surface area contributed by atoms with Crippen LogP contribution in [0.5, 0.6) is 11.5 Å². The highest BCUT2D eigenvalue weighted by Gasteiger charge is 2.16. The van der Waals surface area contributed by atoms with E-state index in [1.807, 2.05) is 0 Å². The van der Waals surface area contributed by atoms with Crippen LogP contribution in [0.1, 0.15) is 0 Å². The van der Waals surface area contributed by atoms with Gasteiger partial charge < -0.3 is 9.47 Å². The highest BCUT2D eigenvalue weighted by Crippen LogP contribution is 2.37. The smallest absolute Gasteiger partial charge is 0.276 e. The number of nitro benzene ring substituents is 1. The molecule has 0 atom stereocenters. The van der Waals surface area contributed by atoms with E-state index in [1.54, 1.807) is 0 Å². The monoisotopic (exact) mass is 217 g/mol. The molecule has 14 heavy (non-hydrogen) atoms. The quantitative estimate of drug-likeness (QED) is 0.576. The first-order chi connectivity index (χ1) is 6.60. The standard InChI is InChI=1S/C8H8ClNO4/c1-13-6-3-5(10(11)12)4-7(14-2)8(6)9/h3-4H,1-2H3. The van der Waals surface area contributed by atoms with Crippen molar-refractivity contribution >= 4 is 17.3 Å². The Morgan fingerprint density at radius 2 is 1.71 bits per heavy atom. The second-order valence-electron chi connectivity index (χ2n) is 2.42. The number of non-ortho nitro benzene ring substituents is 1. The Hall–Kier alpha value is -1.49. The summed E-state index contributed by atoms with van der Waals surface area (Å²) in [4.78, 5) is 9.96. The van der Waals surface area contributed by atoms with Crippen molar-refractivity contribution in [3.05, 3.63) is 27.3 Å². The fourth-order valence-electron chi connectivity index (χ4n) is 0.961. The number of hydrogen-bond acceptors (Lipinski definition) is 4. The van der Waals surface area contributed by atoms with Crippen molar-refractivity contribution in [1.29, 1.82) is 0 Å². The van der Waals surface area contributed by atoms with E-state index in [0.29, 0.717) is 0 Å². The van der Waals surface area contributed by atoms with Gasteiger partial charge in [-0.05, 0) is 0 Å². The SMILES string of the molecule is COc1cc([N+](=O)[O-])cc(OC)c1Cl. The van der Waals surface area contributed by atoms with Gasteiger partial charge in [0, 0.05) is 0 Å². The molecule has 0 aliphatic rings. The van der Waals surface area contributed by atoms with Crippen molar-refractivity contribution in [1.82, 2.24) is 0 Å². The third kappa shape index (κ3) is 1.88. The first kappa shape index (κ1) is 10.6. The van der Waals surface area contributed by atoms with Gasteiger partial charge in [0.05, 0.1) is 31.3 Å². The van der Waals surface area contributed by atoms with E-state index in [-0.39, 0.29) is 22.2 Å². The topological polar surface area (TPSA) is 61.6 Å². The van der Waals surface area contributed by atoms with Crippen molar-refractivity contribution in [2.75, 3.05) is 14.2 Å². The molecule has 0 spiro atoms. The van der Waals surface area contributed by atoms with Gasteiger partial charge in [0.2, 0.25) is 0 Å². The molecule has 0 fully saturated rings. The van der Waals surface area contributed by atoms with Crippen LogP contribution in [0.3, 0.4) is 0 Å². The lowest BCUT2D eigenvalue weighted by molar-refractivity contribution is -0.385. The van der Waals surface area contributed by atoms with Gasteiger partial charge in [0.15, 0.2) is 0 Å². The van der Waals surface area contributed by atoms with E-state index in [0.717, 1.165) is 0 Å². The van der Waals surface area contributed by atoms with Crippen LogP contribution in [0.15, 0.2) is 12.1 Å². The maximum atomic E-state index is 10.5. The van der Waals surface area contributed by atoms with Crippen molar-refractivity contribution in [3.63, 3.8) is 0 Å². The van der Waals surface area contributed by atoms with E-state index >= 15 is 0 Å². The average Bonchev–Trinajstić information content (AvgIpc) is 2.17. The second-order valence-corrected chi connectivity index (χ2v) is 2.80. The Morgan fingerprint density at radius 1 is 1.29 bits per heavy atom. The zero-order valence-electron chi connectivity index (χ0n) is 7.61. The van der Waals surface area contributed by atoms with E-state index in [2.05, 4.69) is 0 Å². The summed E-state index contributed by atoms with van der Waals surface area (Å²) in [7, 11) is 2.76. The van der Waals surface area contributed by atoms with E-state index in [4.69, 9.17) is 21.1 Å². The first-order valence-electron chi connectivity index (χ1n) is 3.66. The van der Waals surface area contributed by atoms with Crippen LogP contribution in [0, 0.1) is 10.1 Å². The van der Waals surface area contributed by atoms with E-state index in [1.165, 1.54) is 26.4 Å². The maximum absolute atomic E-state index is 10.5. The summed E-state index contributed by atoms with van der Waals surface area (Å²) < 4.78 is 9.72. The Labute approximate surface area is 85.3 Å². The maximum Gasteiger partial charge on any atom is 0.276 e. The third-order valence-corrected chi connectivity index (χ3v) is 2.01. The second kappa shape index (κ2) is 4.15. The van der Waals surface area contributed by atoms with Gasteiger partial charge in [0.25, 0.3) is 5.69 Å². The summed E-state index contributed by atoms with van der Waals surface area (Å²) in [6.45, 7) is 0. The van der Waals surface area contributed by atoms with Gasteiger partial charge in [-0.15, -0.1) is 0 Å². The molecule has 0 radical (unpaired) electrons. The predicted octanol–water partition coefficient (Wildman–Crippen LogP) is 2.27. The lowest BCUT2D eigenvalue weighted by Crippen LogP contribution is -1.94. The Balaban J connectivity index is 3.32. The molecule has 5 nitrogen and oxygen atoms in total. The normalized spacial score (nSPS) is 9.64. The van der Waals surface area contributed by atoms with Gasteiger partial charge in [-0.2, -0.15) is 0 Å². The minimum Gasteiger partial charge on any atom is -0.495 e. The Bertz CT molecular complexity index is 341. The average molecular weight is 218 g/mol. The molecule has 0 aliphatic heterocycles. The van der Waals surface area contributed by atoms with Crippen LogP contribution in [0.4, 0.5) is 5.69 Å². The molecule has 1 aromatic carbocycles. The van der Waals surface area contributed by atoms with Crippen molar-refractivity contribution in [2.45, 2.75) is 0 Å². The molecule has 6 heteroatoms. The minimum absolute atomic E-state index is 0.122. The summed E-state index contributed by atoms with van der Waals surface area (Å²) in [5, 5.41) is 10.7. The number of halogens is 1. The molecule has 0 heterocycles. The van der Waals surface area contributed by atoms with Crippen LogP contribution in [0.2, 0.25) is 5.02 Å². The number of benzene rings is 1. The predicted molar refractivity (Wildman–Crippen MR) is 51.2 cm³/mol. The van der Waals surface area contributed by atoms with Gasteiger partial charge in [0.1, 0.15) is 16.5 Å². The molecule has 0 aromatic heterocycles. The zero-order chi connectivity index (χ0) is 10.7. The van der Waals surface area contributed by atoms with Crippen LogP contribution in [-0.2, 0) is 0 Å². The number of nitro groups is 1. The molecule has 0 saturated carbocycles. The number of nitrogens with zero attached hydrogens (tertiary/aromatic N) is 1. The summed E-state index contributed by atoms with van der Waals surface area (Å²) in [6, 6.07) is 2.48. The Morgan fingerprint density at radius 3 is 2.00 bits per heavy atom. The lowest BCUT2D eigenvalue weighted by atomic mass is 10.3. The van der Waals surface area contributed by atoms with E-state index in [9.17, 15) is 10.1 Å². The van der Waals surface area contributed by atoms with E-state index < -0.39 is 4.92 Å². The molecule has 0 aliphatic carbocycles. The van der Waals surface area contributed by atoms with Crippen molar-refractivity contribution in [2.24, 2.45) is 0 Å². The molecule has 1 aromatic rings. The molecule has 0 saturated heterocycles. The zero-order valence-corrected chi connectivity index (χ0v) is 8.37. The molecule has 0 unspecified atom stereocenters. The number of ether oxygens (including phenoxy) is 2. The van der Waals surface area contributed by atoms with Crippen molar-refractivity contribution < 1.29 is 14.4 Å². The highest BCUT2D eigenvalue weighted by molar-refractivity contribution is 6.33. The molecule has 1 rings (SSSR count). The summed E-state index contributed by atoms with van der Waals surface area (Å²) in [5.41, 5.74) is -0.122. The molecule has 76 valence electrons. The molecule has 0 amide bonds. The van der Waals surface area contributed by atoms with Crippen LogP contribution < -0.4 is 9.47 Å². The third-order valence-electron chi connectivity index (χ3n) is 1.64. The van der Waals surface area contributed by atoms with Crippen LogP contribution in [-0.4, -0.2) is 19.1 Å². The molecule has 0 bridgehead atoms. The van der Waals surface area contributed by atoms with Crippen LogP contribution in [0.25, 0.3) is 0 Å². The molecular weight excluding hydrogens is 210 g/mol. The fourth-order valence-corrected chi connectivity index (χ4v) is 1.22. The molecule has 0 N–H and O–H groups in total. The van der Waals surface area contributed by atoms with Gasteiger partial charge in [-0.1, -0.05) is 11.6 Å². The summed E-state index contributed by atoms with van der Waals surface area (Å²) >= 11 is 5.81. The Kier molecular flexibility index (Phi) is 3.14. The van der Waals surface area contributed by atoms with Crippen molar-refractivity contribution in [3.8, 4) is 11.5 Å². The number of methoxy groups -OCH3 is 2.